The molecule has 0 spiro atoms. The van der Waals surface area contributed by atoms with E-state index >= 15 is 0 Å². The Morgan fingerprint density at radius 2 is 1.86 bits per heavy atom. The van der Waals surface area contributed by atoms with Gasteiger partial charge in [-0.3, -0.25) is 4.79 Å². The number of amides is 1. The van der Waals surface area contributed by atoms with Crippen LogP contribution >= 0.6 is 11.8 Å². The van der Waals surface area contributed by atoms with Crippen LogP contribution in [0.1, 0.15) is 11.1 Å². The first-order valence-corrected chi connectivity index (χ1v) is 7.56. The zero-order valence-electron chi connectivity index (χ0n) is 11.5. The lowest BCUT2D eigenvalue weighted by Crippen LogP contribution is -2.16. The topological polar surface area (TPSA) is 52.9 Å². The van der Waals surface area contributed by atoms with E-state index in [2.05, 4.69) is 5.32 Å². The zero-order valence-corrected chi connectivity index (χ0v) is 12.3. The lowest BCUT2D eigenvalue weighted by Gasteiger charge is -2.07. The first-order valence-electron chi connectivity index (χ1n) is 6.41. The highest BCUT2D eigenvalue weighted by Gasteiger charge is 2.11. The van der Waals surface area contributed by atoms with Crippen LogP contribution in [0, 0.1) is 23.0 Å². The summed E-state index contributed by atoms with van der Waals surface area (Å²) in [6.07, 6.45) is 0. The second kappa shape index (κ2) is 7.57. The molecule has 0 atom stereocenters. The molecule has 6 heteroatoms. The molecule has 0 radical (unpaired) electrons. The average molecular weight is 318 g/mol. The Bertz CT molecular complexity index is 708. The second-order valence-electron chi connectivity index (χ2n) is 4.45. The third-order valence-electron chi connectivity index (χ3n) is 2.79. The van der Waals surface area contributed by atoms with E-state index in [0.717, 1.165) is 17.7 Å². The smallest absolute Gasteiger partial charge is 0.234 e. The van der Waals surface area contributed by atoms with Gasteiger partial charge in [-0.15, -0.1) is 11.8 Å². The highest BCUT2D eigenvalue weighted by molar-refractivity contribution is 7.99. The minimum atomic E-state index is -0.805. The molecule has 0 heterocycles. The Morgan fingerprint density at radius 3 is 2.55 bits per heavy atom. The fraction of sp³-hybridized carbons (Fsp3) is 0.125. The number of carbonyl (C=O) groups is 1. The Hall–Kier alpha value is -2.39. The second-order valence-corrected chi connectivity index (χ2v) is 5.44. The number of nitrogens with zero attached hydrogens (tertiary/aromatic N) is 1. The van der Waals surface area contributed by atoms with Crippen LogP contribution in [0.4, 0.5) is 14.5 Å². The molecule has 0 saturated heterocycles. The van der Waals surface area contributed by atoms with Gasteiger partial charge in [-0.1, -0.05) is 18.2 Å². The molecule has 0 aliphatic heterocycles. The summed E-state index contributed by atoms with van der Waals surface area (Å²) in [5.74, 6) is -1.50. The highest BCUT2D eigenvalue weighted by atomic mass is 32.2. The van der Waals surface area contributed by atoms with Crippen molar-refractivity contribution in [2.75, 3.05) is 11.1 Å². The number of carbonyl (C=O) groups excluding carboxylic acids is 1. The van der Waals surface area contributed by atoms with E-state index < -0.39 is 23.2 Å². The van der Waals surface area contributed by atoms with Crippen LogP contribution in [-0.4, -0.2) is 11.7 Å². The van der Waals surface area contributed by atoms with Gasteiger partial charge in [0.1, 0.15) is 17.3 Å². The molecule has 1 amide bonds. The van der Waals surface area contributed by atoms with E-state index in [9.17, 15) is 13.6 Å². The Morgan fingerprint density at radius 1 is 1.18 bits per heavy atom. The number of halogens is 2. The van der Waals surface area contributed by atoms with Crippen molar-refractivity contribution in [2.45, 2.75) is 5.75 Å². The lowest BCUT2D eigenvalue weighted by molar-refractivity contribution is -0.113. The molecule has 22 heavy (non-hydrogen) atoms. The first kappa shape index (κ1) is 16.0. The fourth-order valence-corrected chi connectivity index (χ4v) is 2.56. The first-order chi connectivity index (χ1) is 10.6. The molecule has 0 unspecified atom stereocenters. The van der Waals surface area contributed by atoms with Crippen molar-refractivity contribution in [1.29, 1.82) is 5.26 Å². The van der Waals surface area contributed by atoms with Gasteiger partial charge in [-0.25, -0.2) is 8.78 Å². The SMILES string of the molecule is N#Cc1cccc(CSCC(=O)Nc2c(F)cccc2F)c1. The molecule has 3 nitrogen and oxygen atoms in total. The summed E-state index contributed by atoms with van der Waals surface area (Å²) in [5.41, 5.74) is 1.03. The van der Waals surface area contributed by atoms with Gasteiger partial charge in [-0.2, -0.15) is 5.26 Å². The Balaban J connectivity index is 1.87. The van der Waals surface area contributed by atoms with Gasteiger partial charge in [0.25, 0.3) is 0 Å². The van der Waals surface area contributed by atoms with E-state index in [1.165, 1.54) is 17.8 Å². The van der Waals surface area contributed by atoms with Crippen LogP contribution in [-0.2, 0) is 10.5 Å². The summed E-state index contributed by atoms with van der Waals surface area (Å²) in [5, 5.41) is 11.0. The van der Waals surface area contributed by atoms with Gasteiger partial charge in [0.15, 0.2) is 0 Å². The van der Waals surface area contributed by atoms with Crippen LogP contribution < -0.4 is 5.32 Å². The minimum Gasteiger partial charge on any atom is -0.320 e. The maximum atomic E-state index is 13.4. The number of rotatable bonds is 5. The molecule has 2 aromatic carbocycles. The van der Waals surface area contributed by atoms with Crippen LogP contribution in [0.25, 0.3) is 0 Å². The quantitative estimate of drug-likeness (QED) is 0.914. The summed E-state index contributed by atoms with van der Waals surface area (Å²) in [6, 6.07) is 12.5. The molecular weight excluding hydrogens is 306 g/mol. The number of benzene rings is 2. The molecule has 0 aliphatic rings. The number of thioether (sulfide) groups is 1. The lowest BCUT2D eigenvalue weighted by atomic mass is 10.2. The summed E-state index contributed by atoms with van der Waals surface area (Å²) >= 11 is 1.30. The zero-order chi connectivity index (χ0) is 15.9. The van der Waals surface area contributed by atoms with Gasteiger partial charge in [0, 0.05) is 5.75 Å². The van der Waals surface area contributed by atoms with Gasteiger partial charge in [0.05, 0.1) is 17.4 Å². The summed E-state index contributed by atoms with van der Waals surface area (Å²) in [7, 11) is 0. The molecule has 0 aliphatic carbocycles. The standard InChI is InChI=1S/C16H12F2N2OS/c17-13-5-2-6-14(18)16(13)20-15(21)10-22-9-12-4-1-3-11(7-12)8-19/h1-7H,9-10H2,(H,20,21). The molecule has 0 bridgehead atoms. The predicted octanol–water partition coefficient (Wildman–Crippen LogP) is 3.71. The van der Waals surface area contributed by atoms with Gasteiger partial charge >= 0.3 is 0 Å². The summed E-state index contributed by atoms with van der Waals surface area (Å²) < 4.78 is 26.8. The van der Waals surface area contributed by atoms with Crippen LogP contribution in [0.5, 0.6) is 0 Å². The molecule has 0 fully saturated rings. The summed E-state index contributed by atoms with van der Waals surface area (Å²) in [4.78, 5) is 11.7. The number of nitrogens with one attached hydrogen (secondary N) is 1. The van der Waals surface area contributed by atoms with E-state index in [-0.39, 0.29) is 5.75 Å². The van der Waals surface area contributed by atoms with Crippen molar-refractivity contribution < 1.29 is 13.6 Å². The average Bonchev–Trinajstić information content (AvgIpc) is 2.51. The van der Waals surface area contributed by atoms with Crippen molar-refractivity contribution in [2.24, 2.45) is 0 Å². The molecule has 112 valence electrons. The van der Waals surface area contributed by atoms with Gasteiger partial charge < -0.3 is 5.32 Å². The maximum absolute atomic E-state index is 13.4. The molecule has 2 aromatic rings. The van der Waals surface area contributed by atoms with Gasteiger partial charge in [0.2, 0.25) is 5.91 Å². The molecule has 1 N–H and O–H groups in total. The monoisotopic (exact) mass is 318 g/mol. The third kappa shape index (κ3) is 4.30. The van der Waals surface area contributed by atoms with Crippen LogP contribution in [0.2, 0.25) is 0 Å². The van der Waals surface area contributed by atoms with E-state index in [1.54, 1.807) is 18.2 Å². The number of para-hydroxylation sites is 1. The van der Waals surface area contributed by atoms with Crippen molar-refractivity contribution in [1.82, 2.24) is 0 Å². The predicted molar refractivity (Wildman–Crippen MR) is 82.3 cm³/mol. The number of hydrogen-bond acceptors (Lipinski definition) is 3. The van der Waals surface area contributed by atoms with Crippen molar-refractivity contribution in [3.63, 3.8) is 0 Å². The number of anilines is 1. The van der Waals surface area contributed by atoms with Crippen molar-refractivity contribution >= 4 is 23.4 Å². The Labute approximate surface area is 131 Å². The molecular formula is C16H12F2N2OS. The molecule has 2 rings (SSSR count). The maximum Gasteiger partial charge on any atom is 0.234 e. The normalized spacial score (nSPS) is 10.0. The van der Waals surface area contributed by atoms with E-state index in [1.807, 2.05) is 12.1 Å². The van der Waals surface area contributed by atoms with Gasteiger partial charge in [-0.05, 0) is 29.8 Å². The van der Waals surface area contributed by atoms with Crippen molar-refractivity contribution in [3.8, 4) is 6.07 Å². The molecule has 0 saturated carbocycles. The minimum absolute atomic E-state index is 0.0601. The van der Waals surface area contributed by atoms with Crippen LogP contribution in [0.3, 0.4) is 0 Å². The van der Waals surface area contributed by atoms with Crippen LogP contribution in [0.15, 0.2) is 42.5 Å². The fourth-order valence-electron chi connectivity index (χ4n) is 1.78. The van der Waals surface area contributed by atoms with E-state index in [0.29, 0.717) is 11.3 Å². The molecule has 0 aromatic heterocycles. The Kier molecular flexibility index (Phi) is 5.50. The van der Waals surface area contributed by atoms with Crippen molar-refractivity contribution in [3.05, 3.63) is 65.2 Å². The highest BCUT2D eigenvalue weighted by Crippen LogP contribution is 2.19. The largest absolute Gasteiger partial charge is 0.320 e. The summed E-state index contributed by atoms with van der Waals surface area (Å²) in [6.45, 7) is 0. The number of hydrogen-bond donors (Lipinski definition) is 1. The van der Waals surface area contributed by atoms with E-state index in [4.69, 9.17) is 5.26 Å². The number of nitriles is 1. The third-order valence-corrected chi connectivity index (χ3v) is 3.79.